The molecule has 0 aromatic carbocycles. The van der Waals surface area contributed by atoms with Crippen LogP contribution in [0.3, 0.4) is 0 Å². The molecule has 3 aromatic rings. The first-order valence-corrected chi connectivity index (χ1v) is 9.45. The van der Waals surface area contributed by atoms with Crippen LogP contribution in [0.1, 0.15) is 0 Å². The van der Waals surface area contributed by atoms with Crippen LogP contribution in [0.4, 0.5) is 10.5 Å². The lowest BCUT2D eigenvalue weighted by Gasteiger charge is -2.37. The largest absolute Gasteiger partial charge is 0.441 e. The third-order valence-corrected chi connectivity index (χ3v) is 5.20. The second-order valence-electron chi connectivity index (χ2n) is 7.01. The molecule has 8 nitrogen and oxygen atoms in total. The monoisotopic (exact) mass is 379 g/mol. The second kappa shape index (κ2) is 7.12. The molecule has 5 heterocycles. The Morgan fingerprint density at radius 2 is 1.96 bits per heavy atom. The summed E-state index contributed by atoms with van der Waals surface area (Å²) in [5.41, 5.74) is 4.10. The van der Waals surface area contributed by atoms with Gasteiger partial charge in [-0.1, -0.05) is 6.07 Å². The molecule has 0 N–H and O–H groups in total. The van der Waals surface area contributed by atoms with Gasteiger partial charge in [0.2, 0.25) is 0 Å². The van der Waals surface area contributed by atoms with Gasteiger partial charge in [0.1, 0.15) is 0 Å². The van der Waals surface area contributed by atoms with Gasteiger partial charge in [-0.25, -0.2) is 9.31 Å². The fourth-order valence-electron chi connectivity index (χ4n) is 3.57. The van der Waals surface area contributed by atoms with Gasteiger partial charge < -0.3 is 19.3 Å². The standard InChI is InChI=1S/C20H21N5O3/c26-20(28-16-13-27-14-16)24-9-7-23(8-10-24)18-4-6-22-25-12-15(11-19(18)25)17-3-1-2-5-21-17/h1-6,11-12,16H,7-10,13-14H2. The van der Waals surface area contributed by atoms with Gasteiger partial charge in [-0.15, -0.1) is 0 Å². The fourth-order valence-corrected chi connectivity index (χ4v) is 3.57. The first-order valence-electron chi connectivity index (χ1n) is 9.45. The number of carbonyl (C=O) groups is 1. The zero-order chi connectivity index (χ0) is 18.9. The van der Waals surface area contributed by atoms with Crippen LogP contribution in [0.5, 0.6) is 0 Å². The Hall–Kier alpha value is -3.13. The normalized spacial score (nSPS) is 17.6. The van der Waals surface area contributed by atoms with Crippen molar-refractivity contribution in [1.29, 1.82) is 0 Å². The molecule has 2 aliphatic rings. The summed E-state index contributed by atoms with van der Waals surface area (Å²) in [5, 5.41) is 4.44. The molecular formula is C20H21N5O3. The highest BCUT2D eigenvalue weighted by atomic mass is 16.6. The van der Waals surface area contributed by atoms with Crippen LogP contribution in [0.2, 0.25) is 0 Å². The van der Waals surface area contributed by atoms with Crippen LogP contribution in [-0.2, 0) is 9.47 Å². The van der Waals surface area contributed by atoms with E-state index in [2.05, 4.69) is 21.0 Å². The Kier molecular flexibility index (Phi) is 4.32. The predicted molar refractivity (Wildman–Crippen MR) is 103 cm³/mol. The van der Waals surface area contributed by atoms with Crippen LogP contribution in [0.15, 0.2) is 48.9 Å². The van der Waals surface area contributed by atoms with E-state index in [4.69, 9.17) is 9.47 Å². The summed E-state index contributed by atoms with van der Waals surface area (Å²) >= 11 is 0. The summed E-state index contributed by atoms with van der Waals surface area (Å²) in [6.07, 6.45) is 5.26. The Morgan fingerprint density at radius 3 is 2.68 bits per heavy atom. The minimum Gasteiger partial charge on any atom is -0.441 e. The minimum absolute atomic E-state index is 0.0870. The van der Waals surface area contributed by atoms with E-state index in [9.17, 15) is 4.79 Å². The second-order valence-corrected chi connectivity index (χ2v) is 7.01. The highest BCUT2D eigenvalue weighted by molar-refractivity contribution is 5.79. The van der Waals surface area contributed by atoms with Gasteiger partial charge >= 0.3 is 6.09 Å². The van der Waals surface area contributed by atoms with Crippen LogP contribution in [0.25, 0.3) is 16.8 Å². The average molecular weight is 379 g/mol. The van der Waals surface area contributed by atoms with E-state index < -0.39 is 0 Å². The molecule has 2 fully saturated rings. The molecule has 0 bridgehead atoms. The number of piperazine rings is 1. The number of hydrogen-bond acceptors (Lipinski definition) is 6. The molecule has 0 unspecified atom stereocenters. The number of pyridine rings is 1. The van der Waals surface area contributed by atoms with E-state index in [0.717, 1.165) is 35.6 Å². The maximum absolute atomic E-state index is 12.2. The molecule has 3 aromatic heterocycles. The topological polar surface area (TPSA) is 72.2 Å². The lowest BCUT2D eigenvalue weighted by molar-refractivity contribution is -0.104. The molecule has 0 saturated carbocycles. The predicted octanol–water partition coefficient (Wildman–Crippen LogP) is 2.05. The van der Waals surface area contributed by atoms with Gasteiger partial charge in [-0.05, 0) is 24.3 Å². The van der Waals surface area contributed by atoms with Crippen LogP contribution < -0.4 is 4.90 Å². The van der Waals surface area contributed by atoms with Gasteiger partial charge in [0, 0.05) is 50.3 Å². The smallest absolute Gasteiger partial charge is 0.410 e. The highest BCUT2D eigenvalue weighted by Crippen LogP contribution is 2.28. The van der Waals surface area contributed by atoms with Crippen molar-refractivity contribution in [2.75, 3.05) is 44.3 Å². The molecule has 0 aliphatic carbocycles. The Bertz CT molecular complexity index is 978. The summed E-state index contributed by atoms with van der Waals surface area (Å²) in [5.74, 6) is 0. The molecule has 0 radical (unpaired) electrons. The summed E-state index contributed by atoms with van der Waals surface area (Å²) in [6.45, 7) is 3.78. The molecule has 2 aliphatic heterocycles. The van der Waals surface area contributed by atoms with Gasteiger partial charge in [-0.2, -0.15) is 5.10 Å². The number of ether oxygens (including phenoxy) is 2. The molecule has 1 amide bonds. The molecule has 2 saturated heterocycles. The summed E-state index contributed by atoms with van der Waals surface area (Å²) in [6, 6.07) is 10.0. The van der Waals surface area contributed by atoms with Crippen molar-refractivity contribution in [3.05, 3.63) is 48.9 Å². The summed E-state index contributed by atoms with van der Waals surface area (Å²) in [4.78, 5) is 20.7. The zero-order valence-electron chi connectivity index (χ0n) is 15.4. The lowest BCUT2D eigenvalue weighted by atomic mass is 10.2. The van der Waals surface area contributed by atoms with Crippen molar-refractivity contribution in [1.82, 2.24) is 19.5 Å². The van der Waals surface area contributed by atoms with Crippen molar-refractivity contribution < 1.29 is 14.3 Å². The number of fused-ring (bicyclic) bond motifs is 1. The fraction of sp³-hybridized carbons (Fsp3) is 0.350. The van der Waals surface area contributed by atoms with Crippen molar-refractivity contribution in [2.24, 2.45) is 0 Å². The molecule has 0 spiro atoms. The summed E-state index contributed by atoms with van der Waals surface area (Å²) < 4.78 is 12.4. The van der Waals surface area contributed by atoms with Gasteiger partial charge in [0.25, 0.3) is 0 Å². The molecular weight excluding hydrogens is 358 g/mol. The van der Waals surface area contributed by atoms with E-state index >= 15 is 0 Å². The van der Waals surface area contributed by atoms with Crippen molar-refractivity contribution in [2.45, 2.75) is 6.10 Å². The van der Waals surface area contributed by atoms with Crippen molar-refractivity contribution in [3.8, 4) is 11.3 Å². The van der Waals surface area contributed by atoms with Crippen LogP contribution in [0, 0.1) is 0 Å². The minimum atomic E-state index is -0.243. The number of rotatable bonds is 3. The van der Waals surface area contributed by atoms with Crippen LogP contribution >= 0.6 is 0 Å². The first kappa shape index (κ1) is 17.0. The molecule has 0 atom stereocenters. The SMILES string of the molecule is O=C(OC1COC1)N1CCN(c2ccnn3cc(-c4ccccn4)cc23)CC1. The number of amides is 1. The van der Waals surface area contributed by atoms with E-state index in [0.29, 0.717) is 26.3 Å². The third-order valence-electron chi connectivity index (χ3n) is 5.20. The quantitative estimate of drug-likeness (QED) is 0.694. The van der Waals surface area contributed by atoms with Gasteiger partial charge in [0.15, 0.2) is 6.10 Å². The maximum Gasteiger partial charge on any atom is 0.410 e. The number of carbonyl (C=O) groups excluding carboxylic acids is 1. The van der Waals surface area contributed by atoms with Crippen molar-refractivity contribution >= 4 is 17.3 Å². The Morgan fingerprint density at radius 1 is 1.11 bits per heavy atom. The highest BCUT2D eigenvalue weighted by Gasteiger charge is 2.28. The van der Waals surface area contributed by atoms with Gasteiger partial charge in [-0.3, -0.25) is 4.98 Å². The van der Waals surface area contributed by atoms with Crippen LogP contribution in [-0.4, -0.2) is 71.1 Å². The molecule has 28 heavy (non-hydrogen) atoms. The van der Waals surface area contributed by atoms with Crippen molar-refractivity contribution in [3.63, 3.8) is 0 Å². The zero-order valence-corrected chi connectivity index (χ0v) is 15.4. The first-order chi connectivity index (χ1) is 13.8. The Balaban J connectivity index is 1.32. The molecule has 8 heteroatoms. The number of hydrogen-bond donors (Lipinski definition) is 0. The number of aromatic nitrogens is 3. The molecule has 5 rings (SSSR count). The van der Waals surface area contributed by atoms with E-state index in [1.807, 2.05) is 41.2 Å². The maximum atomic E-state index is 12.2. The lowest BCUT2D eigenvalue weighted by Crippen LogP contribution is -2.51. The number of anilines is 1. The van der Waals surface area contributed by atoms with Gasteiger partial charge in [0.05, 0.1) is 30.1 Å². The Labute approximate surface area is 162 Å². The van der Waals surface area contributed by atoms with E-state index in [1.165, 1.54) is 0 Å². The number of nitrogens with zero attached hydrogens (tertiary/aromatic N) is 5. The van der Waals surface area contributed by atoms with E-state index in [1.54, 1.807) is 11.1 Å². The molecule has 144 valence electrons. The average Bonchev–Trinajstić information content (AvgIpc) is 3.16. The summed E-state index contributed by atoms with van der Waals surface area (Å²) in [7, 11) is 0. The van der Waals surface area contributed by atoms with E-state index in [-0.39, 0.29) is 12.2 Å². The third kappa shape index (κ3) is 3.16.